The van der Waals surface area contributed by atoms with Crippen molar-refractivity contribution < 1.29 is 9.84 Å². The molecule has 4 nitrogen and oxygen atoms in total. The number of fused-ring (bicyclic) bond motifs is 1. The number of nitrogens with one attached hydrogen (secondary N) is 1. The summed E-state index contributed by atoms with van der Waals surface area (Å²) in [4.78, 5) is 4.91. The van der Waals surface area contributed by atoms with Gasteiger partial charge in [0.25, 0.3) is 0 Å². The number of methoxy groups -OCH3 is 1. The number of ether oxygens (including phenoxy) is 1. The lowest BCUT2D eigenvalue weighted by molar-refractivity contribution is 0.414. The van der Waals surface area contributed by atoms with Gasteiger partial charge in [0.2, 0.25) is 0 Å². The third kappa shape index (κ3) is 3.14. The van der Waals surface area contributed by atoms with Crippen LogP contribution in [0.2, 0.25) is 0 Å². The van der Waals surface area contributed by atoms with E-state index in [1.165, 1.54) is 0 Å². The molecule has 1 unspecified atom stereocenters. The normalized spacial score (nSPS) is 16.0. The molecule has 130 valence electrons. The number of rotatable bonds is 3. The lowest BCUT2D eigenvalue weighted by Gasteiger charge is -2.20. The standard InChI is InChI=1S/C22H20N2O2/c1-26-16-8-6-7-15(13-16)20-14-21(17-9-2-5-12-22(17)25)24-19-11-4-3-10-18(19)23-20/h2-13,21,24-25H,14H2,1H3. The molecule has 26 heavy (non-hydrogen) atoms. The van der Waals surface area contributed by atoms with Crippen molar-refractivity contribution in [3.63, 3.8) is 0 Å². The monoisotopic (exact) mass is 344 g/mol. The van der Waals surface area contributed by atoms with E-state index in [0.29, 0.717) is 6.42 Å². The Morgan fingerprint density at radius 2 is 1.81 bits per heavy atom. The van der Waals surface area contributed by atoms with Crippen molar-refractivity contribution in [1.29, 1.82) is 0 Å². The SMILES string of the molecule is COc1cccc(C2=Nc3ccccc3NC(c3ccccc3O)C2)c1. The summed E-state index contributed by atoms with van der Waals surface area (Å²) in [6.45, 7) is 0. The first-order valence-corrected chi connectivity index (χ1v) is 8.60. The molecule has 3 aromatic carbocycles. The van der Waals surface area contributed by atoms with Crippen molar-refractivity contribution in [1.82, 2.24) is 0 Å². The summed E-state index contributed by atoms with van der Waals surface area (Å²) in [7, 11) is 1.66. The molecular weight excluding hydrogens is 324 g/mol. The Morgan fingerprint density at radius 1 is 1.00 bits per heavy atom. The zero-order valence-electron chi connectivity index (χ0n) is 14.5. The fourth-order valence-electron chi connectivity index (χ4n) is 3.27. The molecule has 0 aliphatic carbocycles. The number of phenols is 1. The first kappa shape index (κ1) is 16.2. The van der Waals surface area contributed by atoms with E-state index >= 15 is 0 Å². The lowest BCUT2D eigenvalue weighted by Crippen LogP contribution is -2.14. The number of hydrogen-bond donors (Lipinski definition) is 2. The Bertz CT molecular complexity index is 966. The van der Waals surface area contributed by atoms with Crippen molar-refractivity contribution >= 4 is 17.1 Å². The van der Waals surface area contributed by atoms with Crippen LogP contribution < -0.4 is 10.1 Å². The van der Waals surface area contributed by atoms with Gasteiger partial charge in [-0.05, 0) is 35.9 Å². The Morgan fingerprint density at radius 3 is 2.65 bits per heavy atom. The van der Waals surface area contributed by atoms with Gasteiger partial charge < -0.3 is 15.2 Å². The fraction of sp³-hybridized carbons (Fsp3) is 0.136. The predicted octanol–water partition coefficient (Wildman–Crippen LogP) is 5.08. The van der Waals surface area contributed by atoms with Crippen LogP contribution in [0, 0.1) is 0 Å². The molecular formula is C22H20N2O2. The Labute approximate surface area is 152 Å². The van der Waals surface area contributed by atoms with Crippen molar-refractivity contribution in [2.45, 2.75) is 12.5 Å². The molecule has 1 atom stereocenters. The summed E-state index contributed by atoms with van der Waals surface area (Å²) < 4.78 is 5.37. The second-order valence-corrected chi connectivity index (χ2v) is 6.27. The highest BCUT2D eigenvalue weighted by Gasteiger charge is 2.23. The number of aromatic hydroxyl groups is 1. The number of hydrogen-bond acceptors (Lipinski definition) is 4. The lowest BCUT2D eigenvalue weighted by atomic mass is 9.96. The van der Waals surface area contributed by atoms with Crippen molar-refractivity contribution in [2.24, 2.45) is 4.99 Å². The Kier molecular flexibility index (Phi) is 4.32. The summed E-state index contributed by atoms with van der Waals surface area (Å²) in [6, 6.07) is 23.3. The van der Waals surface area contributed by atoms with Gasteiger partial charge >= 0.3 is 0 Å². The van der Waals surface area contributed by atoms with E-state index in [9.17, 15) is 5.11 Å². The quantitative estimate of drug-likeness (QED) is 0.697. The fourth-order valence-corrected chi connectivity index (χ4v) is 3.27. The second kappa shape index (κ2) is 6.92. The second-order valence-electron chi connectivity index (χ2n) is 6.27. The van der Waals surface area contributed by atoms with Crippen LogP contribution in [0.3, 0.4) is 0 Å². The molecule has 1 heterocycles. The average Bonchev–Trinajstić information content (AvgIpc) is 2.88. The first-order chi connectivity index (χ1) is 12.7. The minimum absolute atomic E-state index is 0.0789. The third-order valence-electron chi connectivity index (χ3n) is 4.60. The number of aliphatic imine (C=N–C) groups is 1. The van der Waals surface area contributed by atoms with E-state index in [-0.39, 0.29) is 11.8 Å². The number of para-hydroxylation sites is 3. The molecule has 3 aromatic rings. The van der Waals surface area contributed by atoms with E-state index in [4.69, 9.17) is 9.73 Å². The number of nitrogens with zero attached hydrogens (tertiary/aromatic N) is 1. The summed E-state index contributed by atoms with van der Waals surface area (Å²) in [5, 5.41) is 13.9. The van der Waals surface area contributed by atoms with E-state index in [0.717, 1.165) is 34.0 Å². The van der Waals surface area contributed by atoms with E-state index in [2.05, 4.69) is 5.32 Å². The maximum atomic E-state index is 10.3. The maximum absolute atomic E-state index is 10.3. The molecule has 1 aliphatic rings. The predicted molar refractivity (Wildman–Crippen MR) is 105 cm³/mol. The van der Waals surface area contributed by atoms with Crippen LogP contribution in [0.5, 0.6) is 11.5 Å². The first-order valence-electron chi connectivity index (χ1n) is 8.60. The van der Waals surface area contributed by atoms with Crippen LogP contribution in [-0.4, -0.2) is 17.9 Å². The highest BCUT2D eigenvalue weighted by molar-refractivity contribution is 6.04. The van der Waals surface area contributed by atoms with Crippen LogP contribution in [0.25, 0.3) is 0 Å². The van der Waals surface area contributed by atoms with Crippen molar-refractivity contribution in [2.75, 3.05) is 12.4 Å². The van der Waals surface area contributed by atoms with Crippen LogP contribution >= 0.6 is 0 Å². The molecule has 0 saturated heterocycles. The summed E-state index contributed by atoms with van der Waals surface area (Å²) in [5.74, 6) is 1.09. The largest absolute Gasteiger partial charge is 0.508 e. The molecule has 0 aromatic heterocycles. The molecule has 4 rings (SSSR count). The Balaban J connectivity index is 1.82. The van der Waals surface area contributed by atoms with Gasteiger partial charge in [0.15, 0.2) is 0 Å². The number of anilines is 1. The average molecular weight is 344 g/mol. The van der Waals surface area contributed by atoms with Gasteiger partial charge in [-0.1, -0.05) is 42.5 Å². The van der Waals surface area contributed by atoms with Crippen molar-refractivity contribution in [3.05, 3.63) is 83.9 Å². The van der Waals surface area contributed by atoms with Gasteiger partial charge in [-0.25, -0.2) is 0 Å². The minimum Gasteiger partial charge on any atom is -0.508 e. The number of benzene rings is 3. The van der Waals surface area contributed by atoms with Crippen LogP contribution in [0.1, 0.15) is 23.6 Å². The topological polar surface area (TPSA) is 53.8 Å². The molecule has 0 spiro atoms. The molecule has 4 heteroatoms. The van der Waals surface area contributed by atoms with Gasteiger partial charge in [-0.3, -0.25) is 4.99 Å². The molecule has 0 saturated carbocycles. The van der Waals surface area contributed by atoms with E-state index in [1.54, 1.807) is 13.2 Å². The molecule has 2 N–H and O–H groups in total. The highest BCUT2D eigenvalue weighted by Crippen LogP contribution is 2.37. The van der Waals surface area contributed by atoms with E-state index in [1.807, 2.05) is 66.7 Å². The Hall–Kier alpha value is -3.27. The molecule has 0 fully saturated rings. The number of phenolic OH excluding ortho intramolecular Hbond substituents is 1. The molecule has 0 radical (unpaired) electrons. The van der Waals surface area contributed by atoms with Gasteiger partial charge in [0, 0.05) is 12.0 Å². The van der Waals surface area contributed by atoms with Crippen molar-refractivity contribution in [3.8, 4) is 11.5 Å². The van der Waals surface area contributed by atoms with E-state index < -0.39 is 0 Å². The van der Waals surface area contributed by atoms with Crippen LogP contribution in [0.15, 0.2) is 77.8 Å². The van der Waals surface area contributed by atoms with Crippen LogP contribution in [-0.2, 0) is 0 Å². The molecule has 0 amide bonds. The highest BCUT2D eigenvalue weighted by atomic mass is 16.5. The summed E-state index contributed by atoms with van der Waals surface area (Å²) in [5.41, 5.74) is 4.68. The molecule has 0 bridgehead atoms. The van der Waals surface area contributed by atoms with Gasteiger partial charge in [0.1, 0.15) is 11.5 Å². The van der Waals surface area contributed by atoms with Gasteiger partial charge in [-0.2, -0.15) is 0 Å². The molecule has 1 aliphatic heterocycles. The minimum atomic E-state index is -0.0789. The smallest absolute Gasteiger partial charge is 0.120 e. The maximum Gasteiger partial charge on any atom is 0.120 e. The van der Waals surface area contributed by atoms with Gasteiger partial charge in [-0.15, -0.1) is 0 Å². The van der Waals surface area contributed by atoms with Crippen LogP contribution in [0.4, 0.5) is 11.4 Å². The summed E-state index contributed by atoms with van der Waals surface area (Å²) in [6.07, 6.45) is 0.652. The van der Waals surface area contributed by atoms with Gasteiger partial charge in [0.05, 0.1) is 30.2 Å². The third-order valence-corrected chi connectivity index (χ3v) is 4.60. The zero-order chi connectivity index (χ0) is 17.9. The zero-order valence-corrected chi connectivity index (χ0v) is 14.5. The summed E-state index contributed by atoms with van der Waals surface area (Å²) >= 11 is 0.